The first kappa shape index (κ1) is 37.1. The van der Waals surface area contributed by atoms with E-state index in [0.29, 0.717) is 0 Å². The van der Waals surface area contributed by atoms with Crippen molar-refractivity contribution in [2.45, 2.75) is 0 Å². The fourth-order valence-electron chi connectivity index (χ4n) is 11.6. The van der Waals surface area contributed by atoms with Crippen LogP contribution in [-0.4, -0.2) is 0 Å². The van der Waals surface area contributed by atoms with Gasteiger partial charge in [0.15, 0.2) is 0 Å². The molecule has 0 saturated heterocycles. The zero-order valence-electron chi connectivity index (χ0n) is 36.1. The summed E-state index contributed by atoms with van der Waals surface area (Å²) in [4.78, 5) is 0. The summed E-state index contributed by atoms with van der Waals surface area (Å²) >= 11 is 0. The first-order chi connectivity index (χ1) is 32.8. The Kier molecular flexibility index (Phi) is 8.21. The molecule has 0 spiro atoms. The summed E-state index contributed by atoms with van der Waals surface area (Å²) in [5.74, 6) is 2.59. The van der Waals surface area contributed by atoms with Gasteiger partial charge in [-0.05, 0) is 146 Å². The Bertz CT molecular complexity index is 3360. The Morgan fingerprint density at radius 1 is 0.182 bits per heavy atom. The SMILES string of the molecule is c1ccc(/C([C]2c3ccccc3-c3ccccc32)=C2/c3ccccc3-c3ccc(-c4ccc5c(c4)/C(=C(\[C]4c6ccccc6-c6ccccc64)c4ccccc4)c4ccccc4-5)cc32)cc1. The molecule has 2 radical (unpaired) electrons. The van der Waals surface area contributed by atoms with Crippen molar-refractivity contribution in [2.75, 3.05) is 0 Å². The van der Waals surface area contributed by atoms with Crippen LogP contribution in [0.2, 0.25) is 0 Å². The molecule has 10 aromatic rings. The Labute approximate surface area is 386 Å². The quantitative estimate of drug-likeness (QED) is 0.162. The van der Waals surface area contributed by atoms with Crippen LogP contribution >= 0.6 is 0 Å². The molecule has 10 aromatic carbocycles. The van der Waals surface area contributed by atoms with Gasteiger partial charge in [0.05, 0.1) is 11.8 Å². The van der Waals surface area contributed by atoms with E-state index in [-0.39, 0.29) is 0 Å². The third-order valence-electron chi connectivity index (χ3n) is 14.4. The van der Waals surface area contributed by atoms with Crippen molar-refractivity contribution in [3.05, 3.63) is 310 Å². The smallest absolute Gasteiger partial charge is 0.0622 e. The number of hydrogen-bond acceptors (Lipinski definition) is 0. The van der Waals surface area contributed by atoms with Crippen molar-refractivity contribution in [1.82, 2.24) is 0 Å². The lowest BCUT2D eigenvalue weighted by Crippen LogP contribution is -2.05. The van der Waals surface area contributed by atoms with Crippen molar-refractivity contribution in [3.8, 4) is 55.6 Å². The van der Waals surface area contributed by atoms with E-state index < -0.39 is 0 Å². The van der Waals surface area contributed by atoms with Crippen molar-refractivity contribution in [2.24, 2.45) is 0 Å². The van der Waals surface area contributed by atoms with Gasteiger partial charge in [0.1, 0.15) is 0 Å². The molecular formula is C66H40. The second-order valence-electron chi connectivity index (χ2n) is 17.8. The van der Waals surface area contributed by atoms with Gasteiger partial charge in [-0.25, -0.2) is 0 Å². The number of allylic oxidation sites excluding steroid dienone is 2. The lowest BCUT2D eigenvalue weighted by atomic mass is 9.79. The Balaban J connectivity index is 1.01. The third kappa shape index (κ3) is 5.39. The molecular weight excluding hydrogens is 793 g/mol. The standard InChI is InChI=1S/C66H40/c1-3-19-41(20-4-1)61(63-53-29-13-7-23-45(53)46-24-8-14-30-54(46)63)65-57-33-17-11-27-49(57)51-37-35-43(39-59(51)65)44-36-38-52-50-28-12-18-34-58(50)66(60(52)40-44)62(42-21-5-2-6-22-42)64-55-31-15-9-25-47(55)48-26-10-16-32-56(48)64/h1-40H/b65-61-,66-62+. The van der Waals surface area contributed by atoms with Gasteiger partial charge < -0.3 is 0 Å². The number of rotatable bonds is 5. The Hall–Kier alpha value is -8.32. The molecule has 304 valence electrons. The van der Waals surface area contributed by atoms with E-state index in [9.17, 15) is 0 Å². The van der Waals surface area contributed by atoms with Crippen LogP contribution in [0.25, 0.3) is 77.9 Å². The molecule has 0 atom stereocenters. The van der Waals surface area contributed by atoms with Crippen LogP contribution in [0.15, 0.2) is 243 Å². The fourth-order valence-corrected chi connectivity index (χ4v) is 11.6. The highest BCUT2D eigenvalue weighted by molar-refractivity contribution is 6.18. The van der Waals surface area contributed by atoms with E-state index in [1.807, 2.05) is 0 Å². The molecule has 0 unspecified atom stereocenters. The first-order valence-corrected chi connectivity index (χ1v) is 23.0. The van der Waals surface area contributed by atoms with E-state index in [1.165, 1.54) is 145 Å². The molecule has 0 amide bonds. The van der Waals surface area contributed by atoms with Gasteiger partial charge in [0.25, 0.3) is 0 Å². The first-order valence-electron chi connectivity index (χ1n) is 23.0. The molecule has 4 aliphatic carbocycles. The van der Waals surface area contributed by atoms with Gasteiger partial charge in [0.2, 0.25) is 0 Å². The maximum Gasteiger partial charge on any atom is 0.0654 e. The highest BCUT2D eigenvalue weighted by Crippen LogP contribution is 2.59. The van der Waals surface area contributed by atoms with Gasteiger partial charge in [-0.1, -0.05) is 231 Å². The normalized spacial score (nSPS) is 15.2. The number of benzene rings is 10. The minimum absolute atomic E-state index is 1.20. The molecule has 0 heteroatoms. The summed E-state index contributed by atoms with van der Waals surface area (Å²) in [5, 5.41) is 0. The highest BCUT2D eigenvalue weighted by atomic mass is 14.4. The molecule has 4 aliphatic rings. The summed E-state index contributed by atoms with van der Waals surface area (Å²) in [5.41, 5.74) is 30.4. The van der Waals surface area contributed by atoms with Crippen molar-refractivity contribution in [1.29, 1.82) is 0 Å². The van der Waals surface area contributed by atoms with Crippen LogP contribution in [0.3, 0.4) is 0 Å². The fraction of sp³-hybridized carbons (Fsp3) is 0. The van der Waals surface area contributed by atoms with Crippen LogP contribution in [0.4, 0.5) is 0 Å². The molecule has 14 rings (SSSR count). The van der Waals surface area contributed by atoms with E-state index in [4.69, 9.17) is 0 Å². The second-order valence-corrected chi connectivity index (χ2v) is 17.8. The van der Waals surface area contributed by atoms with Crippen molar-refractivity contribution in [3.63, 3.8) is 0 Å². The van der Waals surface area contributed by atoms with Gasteiger partial charge in [0, 0.05) is 0 Å². The summed E-state index contributed by atoms with van der Waals surface area (Å²) in [6.07, 6.45) is 0. The Morgan fingerprint density at radius 3 is 0.742 bits per heavy atom. The molecule has 0 nitrogen and oxygen atoms in total. The van der Waals surface area contributed by atoms with Crippen molar-refractivity contribution >= 4 is 22.3 Å². The summed E-state index contributed by atoms with van der Waals surface area (Å²) < 4.78 is 0. The van der Waals surface area contributed by atoms with Gasteiger partial charge >= 0.3 is 0 Å². The zero-order chi connectivity index (χ0) is 43.3. The maximum atomic E-state index is 2.48. The zero-order valence-corrected chi connectivity index (χ0v) is 36.1. The number of fused-ring (bicyclic) bond motifs is 12. The highest BCUT2D eigenvalue weighted by Gasteiger charge is 2.39. The second kappa shape index (κ2) is 14.6. The van der Waals surface area contributed by atoms with Crippen LogP contribution in [0.1, 0.15) is 55.6 Å². The van der Waals surface area contributed by atoms with Gasteiger partial charge in [-0.3, -0.25) is 0 Å². The van der Waals surface area contributed by atoms with Crippen LogP contribution < -0.4 is 0 Å². The molecule has 0 aliphatic heterocycles. The molecule has 0 aromatic heterocycles. The predicted molar refractivity (Wildman–Crippen MR) is 274 cm³/mol. The van der Waals surface area contributed by atoms with Crippen LogP contribution in [-0.2, 0) is 0 Å². The Morgan fingerprint density at radius 2 is 0.424 bits per heavy atom. The van der Waals surface area contributed by atoms with Gasteiger partial charge in [-0.2, -0.15) is 0 Å². The molecule has 0 N–H and O–H groups in total. The van der Waals surface area contributed by atoms with E-state index in [1.54, 1.807) is 0 Å². The number of hydrogen-bond donors (Lipinski definition) is 0. The summed E-state index contributed by atoms with van der Waals surface area (Å²) in [6.45, 7) is 0. The molecule has 0 fully saturated rings. The summed E-state index contributed by atoms with van der Waals surface area (Å²) in [7, 11) is 0. The monoisotopic (exact) mass is 832 g/mol. The topological polar surface area (TPSA) is 0 Å². The minimum Gasteiger partial charge on any atom is -0.0622 e. The van der Waals surface area contributed by atoms with E-state index >= 15 is 0 Å². The summed E-state index contributed by atoms with van der Waals surface area (Å²) in [6, 6.07) is 90.3. The van der Waals surface area contributed by atoms with E-state index in [2.05, 4.69) is 243 Å². The molecule has 0 saturated carbocycles. The van der Waals surface area contributed by atoms with Gasteiger partial charge in [-0.15, -0.1) is 0 Å². The minimum atomic E-state index is 1.20. The lowest BCUT2D eigenvalue weighted by molar-refractivity contribution is 1.36. The average molecular weight is 833 g/mol. The van der Waals surface area contributed by atoms with Crippen LogP contribution in [0.5, 0.6) is 0 Å². The maximum absolute atomic E-state index is 2.48. The molecule has 0 heterocycles. The molecule has 0 bridgehead atoms. The van der Waals surface area contributed by atoms with Crippen LogP contribution in [0, 0.1) is 11.8 Å². The average Bonchev–Trinajstić information content (AvgIpc) is 4.11. The largest absolute Gasteiger partial charge is 0.0654 e. The third-order valence-corrected chi connectivity index (χ3v) is 14.4. The molecule has 66 heavy (non-hydrogen) atoms. The lowest BCUT2D eigenvalue weighted by Gasteiger charge is -2.23. The predicted octanol–water partition coefficient (Wildman–Crippen LogP) is 16.5. The van der Waals surface area contributed by atoms with E-state index in [0.717, 1.165) is 0 Å². The van der Waals surface area contributed by atoms with Crippen molar-refractivity contribution < 1.29 is 0 Å².